The van der Waals surface area contributed by atoms with Crippen LogP contribution in [0.1, 0.15) is 27.7 Å². The first-order chi connectivity index (χ1) is 5.96. The SMILES string of the molecule is CC(C)C(C)(C)N1CCNCC1=O. The molecule has 1 saturated heterocycles. The first-order valence-corrected chi connectivity index (χ1v) is 4.97. The molecule has 1 rings (SSSR count). The van der Waals surface area contributed by atoms with Crippen molar-refractivity contribution in [2.45, 2.75) is 33.2 Å². The lowest BCUT2D eigenvalue weighted by atomic mass is 9.88. The molecule has 0 aliphatic carbocycles. The number of hydrogen-bond donors (Lipinski definition) is 1. The third kappa shape index (κ3) is 2.02. The molecule has 1 heterocycles. The molecule has 1 amide bonds. The average molecular weight is 184 g/mol. The van der Waals surface area contributed by atoms with Crippen molar-refractivity contribution in [1.29, 1.82) is 0 Å². The zero-order valence-electron chi connectivity index (χ0n) is 9.05. The number of nitrogens with one attached hydrogen (secondary N) is 1. The zero-order chi connectivity index (χ0) is 10.1. The van der Waals surface area contributed by atoms with Gasteiger partial charge in [0, 0.05) is 18.6 Å². The van der Waals surface area contributed by atoms with Crippen LogP contribution in [0.15, 0.2) is 0 Å². The Bertz CT molecular complexity index is 199. The fraction of sp³-hybridized carbons (Fsp3) is 0.900. The van der Waals surface area contributed by atoms with Crippen LogP contribution in [0.4, 0.5) is 0 Å². The first-order valence-electron chi connectivity index (χ1n) is 4.97. The van der Waals surface area contributed by atoms with Gasteiger partial charge in [-0.05, 0) is 19.8 Å². The van der Waals surface area contributed by atoms with E-state index in [9.17, 15) is 4.79 Å². The number of amides is 1. The van der Waals surface area contributed by atoms with Crippen LogP contribution in [0.5, 0.6) is 0 Å². The van der Waals surface area contributed by atoms with E-state index < -0.39 is 0 Å². The number of carbonyl (C=O) groups is 1. The van der Waals surface area contributed by atoms with E-state index in [0.29, 0.717) is 12.5 Å². The molecule has 0 aromatic rings. The Morgan fingerprint density at radius 1 is 1.46 bits per heavy atom. The molecule has 3 nitrogen and oxygen atoms in total. The van der Waals surface area contributed by atoms with Gasteiger partial charge in [-0.25, -0.2) is 0 Å². The standard InChI is InChI=1S/C10H20N2O/c1-8(2)10(3,4)12-6-5-11-7-9(12)13/h8,11H,5-7H2,1-4H3. The third-order valence-electron chi connectivity index (χ3n) is 3.20. The van der Waals surface area contributed by atoms with Crippen LogP contribution in [-0.4, -0.2) is 36.0 Å². The van der Waals surface area contributed by atoms with E-state index >= 15 is 0 Å². The molecule has 0 aromatic carbocycles. The van der Waals surface area contributed by atoms with E-state index in [2.05, 4.69) is 33.0 Å². The summed E-state index contributed by atoms with van der Waals surface area (Å²) < 4.78 is 0. The summed E-state index contributed by atoms with van der Waals surface area (Å²) >= 11 is 0. The van der Waals surface area contributed by atoms with E-state index in [1.165, 1.54) is 0 Å². The zero-order valence-corrected chi connectivity index (χ0v) is 9.05. The Morgan fingerprint density at radius 2 is 2.08 bits per heavy atom. The maximum atomic E-state index is 11.6. The topological polar surface area (TPSA) is 32.3 Å². The number of hydrogen-bond acceptors (Lipinski definition) is 2. The molecule has 0 radical (unpaired) electrons. The van der Waals surface area contributed by atoms with Crippen LogP contribution in [0.3, 0.4) is 0 Å². The summed E-state index contributed by atoms with van der Waals surface area (Å²) in [5, 5.41) is 3.08. The highest BCUT2D eigenvalue weighted by molar-refractivity contribution is 5.79. The summed E-state index contributed by atoms with van der Waals surface area (Å²) in [5.74, 6) is 0.722. The van der Waals surface area contributed by atoms with Crippen molar-refractivity contribution in [3.63, 3.8) is 0 Å². The lowest BCUT2D eigenvalue weighted by Gasteiger charge is -2.44. The van der Waals surface area contributed by atoms with Crippen molar-refractivity contribution in [2.75, 3.05) is 19.6 Å². The van der Waals surface area contributed by atoms with E-state index in [4.69, 9.17) is 0 Å². The van der Waals surface area contributed by atoms with Gasteiger partial charge in [0.1, 0.15) is 0 Å². The molecule has 0 unspecified atom stereocenters. The van der Waals surface area contributed by atoms with E-state index in [1.807, 2.05) is 4.90 Å². The van der Waals surface area contributed by atoms with Gasteiger partial charge in [0.2, 0.25) is 5.91 Å². The Kier molecular flexibility index (Phi) is 2.96. The van der Waals surface area contributed by atoms with E-state index in [1.54, 1.807) is 0 Å². The Morgan fingerprint density at radius 3 is 2.54 bits per heavy atom. The molecule has 0 atom stereocenters. The molecule has 0 spiro atoms. The summed E-state index contributed by atoms with van der Waals surface area (Å²) in [5.41, 5.74) is -0.0147. The van der Waals surface area contributed by atoms with Gasteiger partial charge < -0.3 is 10.2 Å². The van der Waals surface area contributed by atoms with Gasteiger partial charge in [0.15, 0.2) is 0 Å². The first kappa shape index (κ1) is 10.5. The predicted molar refractivity (Wildman–Crippen MR) is 53.5 cm³/mol. The van der Waals surface area contributed by atoms with Crippen molar-refractivity contribution < 1.29 is 4.79 Å². The van der Waals surface area contributed by atoms with Crippen molar-refractivity contribution in [2.24, 2.45) is 5.92 Å². The molecule has 3 heteroatoms. The molecule has 0 saturated carbocycles. The lowest BCUT2D eigenvalue weighted by molar-refractivity contribution is -0.139. The fourth-order valence-corrected chi connectivity index (χ4v) is 1.53. The molecule has 0 bridgehead atoms. The van der Waals surface area contributed by atoms with Gasteiger partial charge in [-0.3, -0.25) is 4.79 Å². The van der Waals surface area contributed by atoms with Gasteiger partial charge in [-0.1, -0.05) is 13.8 Å². The number of piperazine rings is 1. The molecular weight excluding hydrogens is 164 g/mol. The predicted octanol–water partition coefficient (Wildman–Crippen LogP) is 0.853. The van der Waals surface area contributed by atoms with Crippen molar-refractivity contribution in [3.8, 4) is 0 Å². The maximum Gasteiger partial charge on any atom is 0.237 e. The lowest BCUT2D eigenvalue weighted by Crippen LogP contribution is -2.58. The molecule has 1 N–H and O–H groups in total. The second-order valence-electron chi connectivity index (χ2n) is 4.53. The minimum absolute atomic E-state index is 0.0147. The van der Waals surface area contributed by atoms with Crippen LogP contribution in [0.2, 0.25) is 0 Å². The molecule has 0 aromatic heterocycles. The van der Waals surface area contributed by atoms with Crippen LogP contribution in [0.25, 0.3) is 0 Å². The number of nitrogens with zero attached hydrogens (tertiary/aromatic N) is 1. The normalized spacial score (nSPS) is 19.8. The van der Waals surface area contributed by atoms with Crippen molar-refractivity contribution >= 4 is 5.91 Å². The summed E-state index contributed by atoms with van der Waals surface area (Å²) in [4.78, 5) is 13.6. The largest absolute Gasteiger partial charge is 0.335 e. The van der Waals surface area contributed by atoms with Crippen molar-refractivity contribution in [3.05, 3.63) is 0 Å². The summed E-state index contributed by atoms with van der Waals surface area (Å²) in [6.07, 6.45) is 0. The average Bonchev–Trinajstić information content (AvgIpc) is 2.04. The van der Waals surface area contributed by atoms with Crippen LogP contribution < -0.4 is 5.32 Å². The smallest absolute Gasteiger partial charge is 0.237 e. The summed E-state index contributed by atoms with van der Waals surface area (Å²) in [6.45, 7) is 10.9. The molecule has 76 valence electrons. The van der Waals surface area contributed by atoms with Crippen LogP contribution in [0, 0.1) is 5.92 Å². The van der Waals surface area contributed by atoms with Crippen molar-refractivity contribution in [1.82, 2.24) is 10.2 Å². The second-order valence-corrected chi connectivity index (χ2v) is 4.53. The molecule has 1 fully saturated rings. The monoisotopic (exact) mass is 184 g/mol. The molecular formula is C10H20N2O. The van der Waals surface area contributed by atoms with Crippen LogP contribution in [-0.2, 0) is 4.79 Å². The van der Waals surface area contributed by atoms with Gasteiger partial charge >= 0.3 is 0 Å². The Balaban J connectivity index is 2.73. The highest BCUT2D eigenvalue weighted by Crippen LogP contribution is 2.24. The summed E-state index contributed by atoms with van der Waals surface area (Å²) in [6, 6.07) is 0. The van der Waals surface area contributed by atoms with Gasteiger partial charge in [-0.15, -0.1) is 0 Å². The van der Waals surface area contributed by atoms with E-state index in [0.717, 1.165) is 13.1 Å². The second kappa shape index (κ2) is 3.66. The quantitative estimate of drug-likeness (QED) is 0.690. The minimum atomic E-state index is -0.0147. The number of rotatable bonds is 2. The van der Waals surface area contributed by atoms with Gasteiger partial charge in [0.05, 0.1) is 6.54 Å². The summed E-state index contributed by atoms with van der Waals surface area (Å²) in [7, 11) is 0. The highest BCUT2D eigenvalue weighted by atomic mass is 16.2. The van der Waals surface area contributed by atoms with E-state index in [-0.39, 0.29) is 11.4 Å². The minimum Gasteiger partial charge on any atom is -0.335 e. The number of carbonyl (C=O) groups excluding carboxylic acids is 1. The maximum absolute atomic E-state index is 11.6. The third-order valence-corrected chi connectivity index (χ3v) is 3.20. The molecule has 1 aliphatic rings. The molecule has 1 aliphatic heterocycles. The van der Waals surface area contributed by atoms with Gasteiger partial charge in [0.25, 0.3) is 0 Å². The highest BCUT2D eigenvalue weighted by Gasteiger charge is 2.34. The van der Waals surface area contributed by atoms with Gasteiger partial charge in [-0.2, -0.15) is 0 Å². The van der Waals surface area contributed by atoms with Crippen LogP contribution >= 0.6 is 0 Å². The Labute approximate surface area is 80.5 Å². The Hall–Kier alpha value is -0.570. The fourth-order valence-electron chi connectivity index (χ4n) is 1.53. The molecule has 13 heavy (non-hydrogen) atoms.